The third-order valence-corrected chi connectivity index (χ3v) is 6.09. The van der Waals surface area contributed by atoms with Crippen molar-refractivity contribution < 1.29 is 47.8 Å². The van der Waals surface area contributed by atoms with Gasteiger partial charge in [0, 0.05) is 6.54 Å². The molecule has 3 rings (SSSR count). The maximum Gasteiger partial charge on any atom is 0.407 e. The highest BCUT2D eigenvalue weighted by molar-refractivity contribution is 5.67. The van der Waals surface area contributed by atoms with E-state index >= 15 is 0 Å². The minimum Gasteiger partial charge on any atom is -0.445 e. The van der Waals surface area contributed by atoms with Gasteiger partial charge in [0.25, 0.3) is 0 Å². The Morgan fingerprint density at radius 3 is 2.26 bits per heavy atom. The number of aliphatic hydroxyl groups excluding tert-OH is 1. The molecule has 39 heavy (non-hydrogen) atoms. The van der Waals surface area contributed by atoms with E-state index in [4.69, 9.17) is 37.9 Å². The minimum atomic E-state index is -0.754. The fraction of sp³-hybridized carbons (Fsp3) is 0.741. The zero-order chi connectivity index (χ0) is 27.9. The Bertz CT molecular complexity index is 815. The molecule has 0 saturated carbocycles. The van der Waals surface area contributed by atoms with Crippen molar-refractivity contribution in [2.75, 3.05) is 65.9 Å². The molecule has 2 fully saturated rings. The molecule has 2 aliphatic heterocycles. The third-order valence-electron chi connectivity index (χ3n) is 6.09. The first-order valence-corrected chi connectivity index (χ1v) is 13.6. The molecule has 2 heterocycles. The Balaban J connectivity index is 1.16. The summed E-state index contributed by atoms with van der Waals surface area (Å²) in [6.07, 6.45) is -2.27. The van der Waals surface area contributed by atoms with Gasteiger partial charge in [-0.2, -0.15) is 0 Å². The van der Waals surface area contributed by atoms with Gasteiger partial charge in [-0.05, 0) is 26.0 Å². The molecule has 1 amide bonds. The Morgan fingerprint density at radius 2 is 1.59 bits per heavy atom. The molecule has 0 radical (unpaired) electrons. The van der Waals surface area contributed by atoms with Crippen LogP contribution in [0.15, 0.2) is 30.3 Å². The zero-order valence-electron chi connectivity index (χ0n) is 23.2. The van der Waals surface area contributed by atoms with Crippen molar-refractivity contribution >= 4 is 6.09 Å². The number of nitrogens with one attached hydrogen (secondary N) is 2. The van der Waals surface area contributed by atoms with Crippen LogP contribution in [0.1, 0.15) is 26.3 Å². The number of fused-ring (bicyclic) bond motifs is 1. The highest BCUT2D eigenvalue weighted by Crippen LogP contribution is 2.37. The summed E-state index contributed by atoms with van der Waals surface area (Å²) in [6.45, 7) is 9.52. The van der Waals surface area contributed by atoms with Crippen molar-refractivity contribution in [3.63, 3.8) is 0 Å². The first kappa shape index (κ1) is 31.7. The van der Waals surface area contributed by atoms with Crippen LogP contribution in [0, 0.1) is 0 Å². The molecule has 1 unspecified atom stereocenters. The van der Waals surface area contributed by atoms with Gasteiger partial charge < -0.3 is 53.6 Å². The van der Waals surface area contributed by atoms with E-state index in [-0.39, 0.29) is 31.5 Å². The Labute approximate surface area is 230 Å². The number of hydrogen-bond donors (Lipinski definition) is 3. The quantitative estimate of drug-likeness (QED) is 0.225. The van der Waals surface area contributed by atoms with E-state index in [2.05, 4.69) is 10.6 Å². The number of amides is 1. The maximum atomic E-state index is 11.7. The second-order valence-corrected chi connectivity index (χ2v) is 9.57. The topological polar surface area (TPSA) is 135 Å². The maximum absolute atomic E-state index is 11.7. The average Bonchev–Trinajstić information content (AvgIpc) is 3.26. The molecule has 3 N–H and O–H groups in total. The fourth-order valence-corrected chi connectivity index (χ4v) is 4.37. The zero-order valence-corrected chi connectivity index (χ0v) is 23.2. The van der Waals surface area contributed by atoms with Crippen LogP contribution in [0.2, 0.25) is 0 Å². The molecule has 2 saturated heterocycles. The van der Waals surface area contributed by atoms with Gasteiger partial charge in [-0.15, -0.1) is 0 Å². The number of aliphatic hydroxyl groups is 1. The highest BCUT2D eigenvalue weighted by atomic mass is 16.8. The fourth-order valence-electron chi connectivity index (χ4n) is 4.37. The molecule has 0 aliphatic carbocycles. The van der Waals surface area contributed by atoms with Gasteiger partial charge in [0.15, 0.2) is 12.1 Å². The summed E-state index contributed by atoms with van der Waals surface area (Å²) in [7, 11) is 0. The molecular weight excluding hydrogens is 512 g/mol. The number of benzene rings is 1. The first-order valence-electron chi connectivity index (χ1n) is 13.6. The SMILES string of the molecule is CCN[C@H]1C(OCCOCCOCCOCCNC(=O)OCc2ccccc2)O[C@H](CO)[C@@H]2OC(C)(C)O[C@@H]21. The molecule has 5 atom stereocenters. The van der Waals surface area contributed by atoms with Gasteiger partial charge >= 0.3 is 6.09 Å². The molecule has 0 aromatic heterocycles. The predicted octanol–water partition coefficient (Wildman–Crippen LogP) is 1.19. The van der Waals surface area contributed by atoms with Gasteiger partial charge in [0.05, 0.1) is 58.9 Å². The van der Waals surface area contributed by atoms with E-state index in [0.29, 0.717) is 59.3 Å². The van der Waals surface area contributed by atoms with Gasteiger partial charge in [-0.25, -0.2) is 4.79 Å². The van der Waals surface area contributed by atoms with Crippen molar-refractivity contribution in [2.45, 2.75) is 63.8 Å². The standard InChI is InChI=1S/C27H44N2O10/c1-4-28-22-24-23(38-27(2,3)39-24)21(18-30)37-25(22)35-17-16-34-15-14-33-13-12-32-11-10-29-26(31)36-19-20-8-6-5-7-9-20/h5-9,21-25,28,30H,4,10-19H2,1-3H3,(H,29,31)/t21-,22-,23+,24-,25?/m1/s1. The molecule has 1 aromatic carbocycles. The van der Waals surface area contributed by atoms with Gasteiger partial charge in [-0.3, -0.25) is 0 Å². The molecular formula is C27H44N2O10. The summed E-state index contributed by atoms with van der Waals surface area (Å²) < 4.78 is 45.6. The van der Waals surface area contributed by atoms with E-state index in [1.54, 1.807) is 0 Å². The van der Waals surface area contributed by atoms with Crippen LogP contribution in [-0.2, 0) is 44.5 Å². The molecule has 1 aromatic rings. The van der Waals surface area contributed by atoms with Crippen molar-refractivity contribution in [2.24, 2.45) is 0 Å². The lowest BCUT2D eigenvalue weighted by Gasteiger charge is -2.41. The van der Waals surface area contributed by atoms with Crippen molar-refractivity contribution in [3.05, 3.63) is 35.9 Å². The highest BCUT2D eigenvalue weighted by Gasteiger charge is 2.55. The minimum absolute atomic E-state index is 0.186. The number of alkyl carbamates (subject to hydrolysis) is 1. The Hall–Kier alpha value is -1.87. The lowest BCUT2D eigenvalue weighted by molar-refractivity contribution is -0.253. The molecule has 222 valence electrons. The first-order chi connectivity index (χ1) is 18.9. The van der Waals surface area contributed by atoms with E-state index < -0.39 is 24.3 Å². The van der Waals surface area contributed by atoms with Crippen LogP contribution in [0.5, 0.6) is 0 Å². The summed E-state index contributed by atoms with van der Waals surface area (Å²) in [5, 5.41) is 15.8. The monoisotopic (exact) mass is 556 g/mol. The van der Waals surface area contributed by atoms with Crippen LogP contribution in [0.4, 0.5) is 4.79 Å². The normalized spacial score (nSPS) is 25.8. The van der Waals surface area contributed by atoms with Crippen LogP contribution >= 0.6 is 0 Å². The number of carbonyl (C=O) groups excluding carboxylic acids is 1. The number of hydrogen-bond acceptors (Lipinski definition) is 11. The summed E-state index contributed by atoms with van der Waals surface area (Å²) in [5.41, 5.74) is 0.932. The number of ether oxygens (including phenoxy) is 8. The van der Waals surface area contributed by atoms with Crippen LogP contribution in [0.25, 0.3) is 0 Å². The lowest BCUT2D eigenvalue weighted by atomic mass is 9.97. The largest absolute Gasteiger partial charge is 0.445 e. The van der Waals surface area contributed by atoms with Crippen molar-refractivity contribution in [1.82, 2.24) is 10.6 Å². The van der Waals surface area contributed by atoms with Crippen LogP contribution < -0.4 is 10.6 Å². The molecule has 12 heteroatoms. The molecule has 12 nitrogen and oxygen atoms in total. The second kappa shape index (κ2) is 17.1. The third kappa shape index (κ3) is 10.9. The molecule has 2 aliphatic rings. The average molecular weight is 557 g/mol. The Kier molecular flexibility index (Phi) is 13.8. The molecule has 0 spiro atoms. The number of likely N-dealkylation sites (N-methyl/N-ethyl adjacent to an activating group) is 1. The summed E-state index contributed by atoms with van der Waals surface area (Å²) >= 11 is 0. The smallest absolute Gasteiger partial charge is 0.407 e. The van der Waals surface area contributed by atoms with Gasteiger partial charge in [0.1, 0.15) is 24.9 Å². The van der Waals surface area contributed by atoms with Crippen molar-refractivity contribution in [3.8, 4) is 0 Å². The second-order valence-electron chi connectivity index (χ2n) is 9.57. The van der Waals surface area contributed by atoms with Crippen LogP contribution in [-0.4, -0.2) is 114 Å². The number of rotatable bonds is 18. The lowest BCUT2D eigenvalue weighted by Crippen LogP contribution is -2.63. The van der Waals surface area contributed by atoms with E-state index in [9.17, 15) is 9.90 Å². The summed E-state index contributed by atoms with van der Waals surface area (Å²) in [5.74, 6) is -0.754. The van der Waals surface area contributed by atoms with E-state index in [1.165, 1.54) is 0 Å². The van der Waals surface area contributed by atoms with E-state index in [1.807, 2.05) is 51.1 Å². The van der Waals surface area contributed by atoms with Gasteiger partial charge in [-0.1, -0.05) is 37.3 Å². The van der Waals surface area contributed by atoms with Crippen molar-refractivity contribution in [1.29, 1.82) is 0 Å². The van der Waals surface area contributed by atoms with Gasteiger partial charge in [0.2, 0.25) is 0 Å². The van der Waals surface area contributed by atoms with Crippen LogP contribution in [0.3, 0.4) is 0 Å². The predicted molar refractivity (Wildman–Crippen MR) is 140 cm³/mol. The summed E-state index contributed by atoms with van der Waals surface area (Å²) in [4.78, 5) is 11.7. The Morgan fingerprint density at radius 1 is 0.949 bits per heavy atom. The molecule has 0 bridgehead atoms. The van der Waals surface area contributed by atoms with E-state index in [0.717, 1.165) is 5.56 Å². The number of carbonyl (C=O) groups is 1. The summed E-state index contributed by atoms with van der Waals surface area (Å²) in [6, 6.07) is 9.26.